The van der Waals surface area contributed by atoms with Gasteiger partial charge in [0.15, 0.2) is 5.78 Å². The van der Waals surface area contributed by atoms with Crippen LogP contribution in [0.15, 0.2) is 79.0 Å². The van der Waals surface area contributed by atoms with Gasteiger partial charge in [0.25, 0.3) is 0 Å². The molecule has 3 aromatic carbocycles. The quantitative estimate of drug-likeness (QED) is 0.384. The highest BCUT2D eigenvalue weighted by Gasteiger charge is 2.16. The molecule has 1 aromatic heterocycles. The summed E-state index contributed by atoms with van der Waals surface area (Å²) in [4.78, 5) is 13.0. The number of hydrogen-bond donors (Lipinski definition) is 0. The molecule has 0 radical (unpaired) electrons. The van der Waals surface area contributed by atoms with E-state index in [-0.39, 0.29) is 5.78 Å². The van der Waals surface area contributed by atoms with Crippen LogP contribution >= 0.6 is 11.6 Å². The van der Waals surface area contributed by atoms with E-state index in [1.807, 2.05) is 85.9 Å². The number of ether oxygens (including phenoxy) is 1. The maximum Gasteiger partial charge on any atom is 0.195 e. The minimum absolute atomic E-state index is 0.0322. The molecule has 0 aliphatic carbocycles. The number of carbonyl (C=O) groups excluding carboxylic acids is 1. The molecule has 1 heterocycles. The Bertz CT molecular complexity index is 1130. The van der Waals surface area contributed by atoms with Crippen LogP contribution in [0.5, 0.6) is 5.75 Å². The normalized spacial score (nSPS) is 10.9. The summed E-state index contributed by atoms with van der Waals surface area (Å²) in [7, 11) is 0. The lowest BCUT2D eigenvalue weighted by molar-refractivity contribution is 0.104. The first-order valence-corrected chi connectivity index (χ1v) is 9.58. The molecule has 0 fully saturated rings. The first kappa shape index (κ1) is 18.3. The number of benzene rings is 3. The lowest BCUT2D eigenvalue weighted by atomic mass is 10.0. The van der Waals surface area contributed by atoms with Gasteiger partial charge in [0.05, 0.1) is 6.54 Å². The number of hydrogen-bond acceptors (Lipinski definition) is 2. The SMILES string of the molecule is Cc1cc(OCCn2cc(C(=O)c3ccccc3)c3ccccc32)ccc1Cl. The Morgan fingerprint density at radius 3 is 2.54 bits per heavy atom. The Labute approximate surface area is 169 Å². The molecule has 140 valence electrons. The Balaban J connectivity index is 1.57. The zero-order chi connectivity index (χ0) is 19.5. The summed E-state index contributed by atoms with van der Waals surface area (Å²) in [5.41, 5.74) is 3.42. The van der Waals surface area contributed by atoms with Crippen molar-refractivity contribution in [3.05, 3.63) is 101 Å². The summed E-state index contributed by atoms with van der Waals surface area (Å²) < 4.78 is 7.96. The van der Waals surface area contributed by atoms with Crippen LogP contribution in [0.3, 0.4) is 0 Å². The molecule has 0 unspecified atom stereocenters. The molecule has 0 spiro atoms. The van der Waals surface area contributed by atoms with E-state index in [4.69, 9.17) is 16.3 Å². The summed E-state index contributed by atoms with van der Waals surface area (Å²) in [6, 6.07) is 23.0. The monoisotopic (exact) mass is 389 g/mol. The summed E-state index contributed by atoms with van der Waals surface area (Å²) in [6.07, 6.45) is 1.93. The number of para-hydroxylation sites is 1. The number of halogens is 1. The van der Waals surface area contributed by atoms with Crippen molar-refractivity contribution >= 4 is 28.3 Å². The Morgan fingerprint density at radius 2 is 1.75 bits per heavy atom. The fourth-order valence-electron chi connectivity index (χ4n) is 3.33. The van der Waals surface area contributed by atoms with Crippen molar-refractivity contribution in [3.63, 3.8) is 0 Å². The maximum atomic E-state index is 13.0. The van der Waals surface area contributed by atoms with Gasteiger partial charge in [-0.15, -0.1) is 0 Å². The molecule has 0 saturated heterocycles. The van der Waals surface area contributed by atoms with E-state index in [9.17, 15) is 4.79 Å². The average molecular weight is 390 g/mol. The van der Waals surface area contributed by atoms with E-state index in [0.29, 0.717) is 24.3 Å². The highest BCUT2D eigenvalue weighted by molar-refractivity contribution is 6.31. The van der Waals surface area contributed by atoms with E-state index < -0.39 is 0 Å². The first-order valence-electron chi connectivity index (χ1n) is 9.20. The second-order valence-electron chi connectivity index (χ2n) is 6.71. The molecule has 0 N–H and O–H groups in total. The molecule has 4 aromatic rings. The molecular formula is C24H20ClNO2. The predicted molar refractivity (Wildman–Crippen MR) is 113 cm³/mol. The summed E-state index contributed by atoms with van der Waals surface area (Å²) in [5, 5.41) is 1.69. The Kier molecular flexibility index (Phi) is 5.18. The molecule has 0 amide bonds. The van der Waals surface area contributed by atoms with E-state index in [1.165, 1.54) is 0 Å². The summed E-state index contributed by atoms with van der Waals surface area (Å²) >= 11 is 6.07. The van der Waals surface area contributed by atoms with Crippen molar-refractivity contribution in [1.82, 2.24) is 4.57 Å². The van der Waals surface area contributed by atoms with Gasteiger partial charge in [-0.05, 0) is 36.8 Å². The second-order valence-corrected chi connectivity index (χ2v) is 7.12. The van der Waals surface area contributed by atoms with Crippen molar-refractivity contribution < 1.29 is 9.53 Å². The van der Waals surface area contributed by atoms with Gasteiger partial charge < -0.3 is 9.30 Å². The largest absolute Gasteiger partial charge is 0.492 e. The maximum absolute atomic E-state index is 13.0. The third kappa shape index (κ3) is 3.67. The van der Waals surface area contributed by atoms with Crippen LogP contribution in [0, 0.1) is 6.92 Å². The minimum Gasteiger partial charge on any atom is -0.492 e. The minimum atomic E-state index is 0.0322. The van der Waals surface area contributed by atoms with Crippen LogP contribution in [-0.4, -0.2) is 17.0 Å². The average Bonchev–Trinajstić information content (AvgIpc) is 3.09. The fourth-order valence-corrected chi connectivity index (χ4v) is 3.44. The van der Waals surface area contributed by atoms with Gasteiger partial charge in [-0.25, -0.2) is 0 Å². The molecule has 0 aliphatic rings. The fraction of sp³-hybridized carbons (Fsp3) is 0.125. The van der Waals surface area contributed by atoms with Crippen LogP contribution < -0.4 is 4.74 Å². The van der Waals surface area contributed by atoms with Gasteiger partial charge in [0.1, 0.15) is 12.4 Å². The molecule has 0 atom stereocenters. The lowest BCUT2D eigenvalue weighted by Crippen LogP contribution is -2.07. The van der Waals surface area contributed by atoms with Gasteiger partial charge in [-0.3, -0.25) is 4.79 Å². The second kappa shape index (κ2) is 7.91. The zero-order valence-electron chi connectivity index (χ0n) is 15.6. The summed E-state index contributed by atoms with van der Waals surface area (Å²) in [5.74, 6) is 0.823. The van der Waals surface area contributed by atoms with Crippen molar-refractivity contribution in [1.29, 1.82) is 0 Å². The molecule has 4 rings (SSSR count). The molecule has 0 aliphatic heterocycles. The van der Waals surface area contributed by atoms with Crippen molar-refractivity contribution in [2.24, 2.45) is 0 Å². The number of aromatic nitrogens is 1. The molecule has 4 heteroatoms. The van der Waals surface area contributed by atoms with Gasteiger partial charge >= 0.3 is 0 Å². The van der Waals surface area contributed by atoms with Crippen molar-refractivity contribution in [3.8, 4) is 5.75 Å². The van der Waals surface area contributed by atoms with E-state index in [0.717, 1.165) is 27.2 Å². The van der Waals surface area contributed by atoms with Gasteiger partial charge in [0, 0.05) is 33.2 Å². The standard InChI is InChI=1S/C24H20ClNO2/c1-17-15-19(11-12-22(17)25)28-14-13-26-16-21(20-9-5-6-10-23(20)26)24(27)18-7-3-2-4-8-18/h2-12,15-16H,13-14H2,1H3. The zero-order valence-corrected chi connectivity index (χ0v) is 16.3. The molecule has 3 nitrogen and oxygen atoms in total. The van der Waals surface area contributed by atoms with E-state index >= 15 is 0 Å². The number of ketones is 1. The van der Waals surface area contributed by atoms with Crippen LogP contribution in [-0.2, 0) is 6.54 Å². The van der Waals surface area contributed by atoms with Crippen LogP contribution in [0.1, 0.15) is 21.5 Å². The van der Waals surface area contributed by atoms with Crippen LogP contribution in [0.4, 0.5) is 0 Å². The van der Waals surface area contributed by atoms with Gasteiger partial charge in [0.2, 0.25) is 0 Å². The topological polar surface area (TPSA) is 31.2 Å². The van der Waals surface area contributed by atoms with Gasteiger partial charge in [-0.1, -0.05) is 60.1 Å². The number of aryl methyl sites for hydroxylation is 1. The molecule has 0 bridgehead atoms. The van der Waals surface area contributed by atoms with Gasteiger partial charge in [-0.2, -0.15) is 0 Å². The third-order valence-corrected chi connectivity index (χ3v) is 5.22. The number of fused-ring (bicyclic) bond motifs is 1. The van der Waals surface area contributed by atoms with Crippen LogP contribution in [0.25, 0.3) is 10.9 Å². The van der Waals surface area contributed by atoms with Crippen molar-refractivity contribution in [2.75, 3.05) is 6.61 Å². The predicted octanol–water partition coefficient (Wildman–Crippen LogP) is 5.91. The van der Waals surface area contributed by atoms with Crippen molar-refractivity contribution in [2.45, 2.75) is 13.5 Å². The Hall–Kier alpha value is -3.04. The lowest BCUT2D eigenvalue weighted by Gasteiger charge is -2.09. The highest BCUT2D eigenvalue weighted by atomic mass is 35.5. The first-order chi connectivity index (χ1) is 13.6. The number of rotatable bonds is 6. The molecule has 0 saturated carbocycles. The molecular weight excluding hydrogens is 370 g/mol. The third-order valence-electron chi connectivity index (χ3n) is 4.80. The highest BCUT2D eigenvalue weighted by Crippen LogP contribution is 2.25. The van der Waals surface area contributed by atoms with Crippen LogP contribution in [0.2, 0.25) is 5.02 Å². The van der Waals surface area contributed by atoms with E-state index in [1.54, 1.807) is 0 Å². The summed E-state index contributed by atoms with van der Waals surface area (Å²) in [6.45, 7) is 3.10. The smallest absolute Gasteiger partial charge is 0.195 e. The number of nitrogens with zero attached hydrogens (tertiary/aromatic N) is 1. The number of carbonyl (C=O) groups is 1. The van der Waals surface area contributed by atoms with E-state index in [2.05, 4.69) is 4.57 Å². The Morgan fingerprint density at radius 1 is 1.00 bits per heavy atom. The molecule has 28 heavy (non-hydrogen) atoms.